The fourth-order valence-corrected chi connectivity index (χ4v) is 6.25. The van der Waals surface area contributed by atoms with Gasteiger partial charge in [-0.3, -0.25) is 14.4 Å². The maximum Gasteiger partial charge on any atom is 0.238 e. The number of fused-ring (bicyclic) bond motifs is 6. The first-order chi connectivity index (χ1) is 16.8. The van der Waals surface area contributed by atoms with Gasteiger partial charge in [0.15, 0.2) is 11.6 Å². The van der Waals surface area contributed by atoms with Crippen LogP contribution in [0.25, 0.3) is 6.08 Å². The molecule has 3 heterocycles. The molecule has 6 heteroatoms. The molecule has 4 unspecified atom stereocenters. The van der Waals surface area contributed by atoms with E-state index in [-0.39, 0.29) is 23.0 Å². The van der Waals surface area contributed by atoms with Crippen LogP contribution in [0.15, 0.2) is 72.8 Å². The number of nitrogens with zero attached hydrogens (tertiary/aromatic N) is 1. The molecule has 5 nitrogen and oxygen atoms in total. The van der Waals surface area contributed by atoms with E-state index in [1.165, 1.54) is 31.2 Å². The summed E-state index contributed by atoms with van der Waals surface area (Å²) in [6.45, 7) is 3.46. The largest absolute Gasteiger partial charge is 0.352 e. The van der Waals surface area contributed by atoms with Crippen LogP contribution in [-0.2, 0) is 15.0 Å². The molecular formula is C29H23FN2O3. The summed E-state index contributed by atoms with van der Waals surface area (Å²) in [5.74, 6) is -2.33. The summed E-state index contributed by atoms with van der Waals surface area (Å²) < 4.78 is 13.7. The number of rotatable bonds is 3. The van der Waals surface area contributed by atoms with Gasteiger partial charge in [0.25, 0.3) is 0 Å². The normalized spacial score (nSPS) is 25.7. The summed E-state index contributed by atoms with van der Waals surface area (Å²) in [6, 6.07) is 17.2. The monoisotopic (exact) mass is 466 g/mol. The Morgan fingerprint density at radius 3 is 2.51 bits per heavy atom. The van der Waals surface area contributed by atoms with Gasteiger partial charge >= 0.3 is 0 Å². The highest BCUT2D eigenvalue weighted by Gasteiger charge is 2.69. The fraction of sp³-hybridized carbons (Fsp3) is 0.207. The molecular weight excluding hydrogens is 443 g/mol. The van der Waals surface area contributed by atoms with Crippen LogP contribution in [0.3, 0.4) is 0 Å². The van der Waals surface area contributed by atoms with Gasteiger partial charge in [0.1, 0.15) is 11.2 Å². The first-order valence-electron chi connectivity index (χ1n) is 11.6. The van der Waals surface area contributed by atoms with E-state index in [0.29, 0.717) is 11.3 Å². The van der Waals surface area contributed by atoms with Gasteiger partial charge < -0.3 is 10.2 Å². The second kappa shape index (κ2) is 7.47. The van der Waals surface area contributed by atoms with Crippen LogP contribution in [0.2, 0.25) is 0 Å². The third-order valence-corrected chi connectivity index (χ3v) is 7.62. The smallest absolute Gasteiger partial charge is 0.238 e. The van der Waals surface area contributed by atoms with Crippen molar-refractivity contribution in [1.82, 2.24) is 0 Å². The van der Waals surface area contributed by atoms with Gasteiger partial charge in [0.05, 0.1) is 18.0 Å². The molecule has 4 atom stereocenters. The molecule has 0 saturated carbocycles. The number of carbonyl (C=O) groups is 3. The van der Waals surface area contributed by atoms with Crippen LogP contribution in [0.5, 0.6) is 0 Å². The molecule has 6 rings (SSSR count). The Morgan fingerprint density at radius 1 is 1.03 bits per heavy atom. The van der Waals surface area contributed by atoms with E-state index in [2.05, 4.69) is 5.32 Å². The Hall–Kier alpha value is -4.06. The highest BCUT2D eigenvalue weighted by atomic mass is 19.1. The number of hydrogen-bond acceptors (Lipinski definition) is 4. The highest BCUT2D eigenvalue weighted by Crippen LogP contribution is 2.57. The lowest BCUT2D eigenvalue weighted by Crippen LogP contribution is -2.51. The number of benzene rings is 3. The maximum absolute atomic E-state index is 14.2. The number of aryl methyl sites for hydroxylation is 1. The van der Waals surface area contributed by atoms with Gasteiger partial charge in [-0.1, -0.05) is 42.0 Å². The Bertz CT molecular complexity index is 1440. The van der Waals surface area contributed by atoms with Crippen LogP contribution in [-0.4, -0.2) is 29.6 Å². The summed E-state index contributed by atoms with van der Waals surface area (Å²) in [4.78, 5) is 43.4. The zero-order valence-corrected chi connectivity index (χ0v) is 19.3. The number of ketones is 2. The topological polar surface area (TPSA) is 66.5 Å². The van der Waals surface area contributed by atoms with E-state index in [4.69, 9.17) is 0 Å². The molecule has 1 N–H and O–H groups in total. The van der Waals surface area contributed by atoms with Crippen molar-refractivity contribution in [1.29, 1.82) is 0 Å². The predicted molar refractivity (Wildman–Crippen MR) is 132 cm³/mol. The Labute approximate surface area is 202 Å². The van der Waals surface area contributed by atoms with Crippen LogP contribution >= 0.6 is 0 Å². The molecule has 1 spiro atoms. The number of nitrogens with one attached hydrogen (secondary N) is 1. The van der Waals surface area contributed by atoms with Gasteiger partial charge in [0.2, 0.25) is 5.91 Å². The highest BCUT2D eigenvalue weighted by molar-refractivity contribution is 6.16. The molecule has 0 aromatic heterocycles. The Morgan fingerprint density at radius 2 is 1.77 bits per heavy atom. The van der Waals surface area contributed by atoms with E-state index >= 15 is 0 Å². The number of hydrogen-bond donors (Lipinski definition) is 1. The minimum Gasteiger partial charge on any atom is -0.352 e. The van der Waals surface area contributed by atoms with Gasteiger partial charge in [-0.2, -0.15) is 0 Å². The molecule has 3 aromatic rings. The average Bonchev–Trinajstić information content (AvgIpc) is 3.32. The first kappa shape index (κ1) is 21.5. The third kappa shape index (κ3) is 2.83. The number of Topliss-reactive ketones (excluding diaryl/α,β-unsaturated/α-hetero) is 2. The summed E-state index contributed by atoms with van der Waals surface area (Å²) in [7, 11) is 0. The summed E-state index contributed by atoms with van der Waals surface area (Å²) >= 11 is 0. The van der Waals surface area contributed by atoms with Crippen molar-refractivity contribution in [3.63, 3.8) is 0 Å². The second-order valence-electron chi connectivity index (χ2n) is 9.55. The molecule has 174 valence electrons. The van der Waals surface area contributed by atoms with Crippen molar-refractivity contribution in [2.24, 2.45) is 5.92 Å². The number of para-hydroxylation sites is 1. The van der Waals surface area contributed by atoms with Crippen LogP contribution < -0.4 is 10.2 Å². The lowest BCUT2D eigenvalue weighted by Gasteiger charge is -2.37. The molecule has 1 fully saturated rings. The van der Waals surface area contributed by atoms with E-state index in [1.807, 2.05) is 66.4 Å². The maximum atomic E-state index is 14.2. The van der Waals surface area contributed by atoms with E-state index < -0.39 is 29.2 Å². The van der Waals surface area contributed by atoms with E-state index in [9.17, 15) is 18.8 Å². The number of anilines is 2. The van der Waals surface area contributed by atoms with E-state index in [0.717, 1.165) is 16.8 Å². The fourth-order valence-electron chi connectivity index (χ4n) is 6.25. The minimum absolute atomic E-state index is 0.202. The number of carbonyl (C=O) groups excluding carboxylic acids is 3. The van der Waals surface area contributed by atoms with Crippen molar-refractivity contribution in [3.8, 4) is 0 Å². The molecule has 3 aliphatic heterocycles. The molecule has 1 saturated heterocycles. The third-order valence-electron chi connectivity index (χ3n) is 7.62. The van der Waals surface area contributed by atoms with Crippen molar-refractivity contribution >= 4 is 34.9 Å². The van der Waals surface area contributed by atoms with Crippen LogP contribution in [0.1, 0.15) is 34.0 Å². The van der Waals surface area contributed by atoms with Gasteiger partial charge in [-0.05, 0) is 67.4 Å². The average molecular weight is 467 g/mol. The Balaban J connectivity index is 1.65. The molecule has 1 amide bonds. The SMILES string of the molecule is CC(=O)C1C(C(=O)c2ccc(F)cc2)C2(C(=O)Nc3ccccc32)C2C=Cc3cc(C)ccc3N12. The van der Waals surface area contributed by atoms with Gasteiger partial charge in [-0.15, -0.1) is 0 Å². The summed E-state index contributed by atoms with van der Waals surface area (Å²) in [5.41, 5.74) is 3.11. The molecule has 3 aromatic carbocycles. The summed E-state index contributed by atoms with van der Waals surface area (Å²) in [5, 5.41) is 2.98. The van der Waals surface area contributed by atoms with Crippen LogP contribution in [0.4, 0.5) is 15.8 Å². The van der Waals surface area contributed by atoms with Crippen molar-refractivity contribution in [3.05, 3.63) is 101 Å². The quantitative estimate of drug-likeness (QED) is 0.569. The molecule has 0 aliphatic carbocycles. The molecule has 3 aliphatic rings. The van der Waals surface area contributed by atoms with Crippen molar-refractivity contribution < 1.29 is 18.8 Å². The van der Waals surface area contributed by atoms with Crippen molar-refractivity contribution in [2.75, 3.05) is 10.2 Å². The van der Waals surface area contributed by atoms with Crippen molar-refractivity contribution in [2.45, 2.75) is 31.3 Å². The van der Waals surface area contributed by atoms with Gasteiger partial charge in [0, 0.05) is 16.9 Å². The summed E-state index contributed by atoms with van der Waals surface area (Å²) in [6.07, 6.45) is 3.92. The predicted octanol–water partition coefficient (Wildman–Crippen LogP) is 4.70. The van der Waals surface area contributed by atoms with Gasteiger partial charge in [-0.25, -0.2) is 4.39 Å². The lowest BCUT2D eigenvalue weighted by atomic mass is 9.64. The number of halogens is 1. The van der Waals surface area contributed by atoms with Crippen LogP contribution in [0, 0.1) is 18.7 Å². The standard InChI is InChI=1S/C29H23FN2O3/c1-16-7-13-23-19(15-16)10-14-24-29(21-5-3-4-6-22(21)31-28(29)35)25(26(17(2)33)32(23)24)27(34)18-8-11-20(30)12-9-18/h3-15,24-26H,1-2H3,(H,31,35). The van der Waals surface area contributed by atoms with E-state index in [1.54, 1.807) is 0 Å². The minimum atomic E-state index is -1.32. The first-order valence-corrected chi connectivity index (χ1v) is 11.6. The zero-order chi connectivity index (χ0) is 24.5. The molecule has 0 radical (unpaired) electrons. The lowest BCUT2D eigenvalue weighted by molar-refractivity contribution is -0.122. The zero-order valence-electron chi connectivity index (χ0n) is 19.3. The second-order valence-corrected chi connectivity index (χ2v) is 9.55. The molecule has 0 bridgehead atoms. The number of amides is 1. The Kier molecular flexibility index (Phi) is 4.58. The molecule has 35 heavy (non-hydrogen) atoms.